The van der Waals surface area contributed by atoms with Gasteiger partial charge in [-0.15, -0.1) is 0 Å². The first-order valence-corrected chi connectivity index (χ1v) is 20.1. The van der Waals surface area contributed by atoms with Crippen LogP contribution in [-0.2, 0) is 5.41 Å². The summed E-state index contributed by atoms with van der Waals surface area (Å²) in [6, 6.07) is 64.2. The number of para-hydroxylation sites is 2. The summed E-state index contributed by atoms with van der Waals surface area (Å²) in [6.45, 7) is 4.68. The van der Waals surface area contributed by atoms with Crippen LogP contribution in [0.15, 0.2) is 186 Å². The van der Waals surface area contributed by atoms with Gasteiger partial charge in [-0.2, -0.15) is 9.97 Å². The van der Waals surface area contributed by atoms with E-state index in [1.54, 1.807) is 0 Å². The van der Waals surface area contributed by atoms with E-state index in [9.17, 15) is 0 Å². The van der Waals surface area contributed by atoms with Gasteiger partial charge in [-0.1, -0.05) is 153 Å². The fourth-order valence-corrected chi connectivity index (χ4v) is 9.46. The lowest BCUT2D eigenvalue weighted by Gasteiger charge is -2.23. The van der Waals surface area contributed by atoms with Crippen LogP contribution >= 0.6 is 0 Å². The number of rotatable bonds is 5. The van der Waals surface area contributed by atoms with Gasteiger partial charge in [-0.25, -0.2) is 4.98 Å². The molecule has 0 aliphatic heterocycles. The van der Waals surface area contributed by atoms with Gasteiger partial charge in [0.15, 0.2) is 11.6 Å². The molecule has 8 aromatic carbocycles. The van der Waals surface area contributed by atoms with Crippen LogP contribution in [-0.4, -0.2) is 19.5 Å². The summed E-state index contributed by atoms with van der Waals surface area (Å²) in [4.78, 5) is 16.1. The maximum Gasteiger partial charge on any atom is 0.238 e. The number of aromatic nitrogens is 4. The second kappa shape index (κ2) is 12.7. The summed E-state index contributed by atoms with van der Waals surface area (Å²) in [5, 5.41) is 4.42. The summed E-state index contributed by atoms with van der Waals surface area (Å²) in [7, 11) is 0. The zero-order valence-corrected chi connectivity index (χ0v) is 32.5. The van der Waals surface area contributed by atoms with Gasteiger partial charge in [0.05, 0.1) is 11.0 Å². The zero-order valence-electron chi connectivity index (χ0n) is 32.5. The number of benzene rings is 8. The highest BCUT2D eigenvalue weighted by molar-refractivity contribution is 6.13. The number of nitrogens with zero attached hydrogens (tertiary/aromatic N) is 4. The molecule has 3 heterocycles. The van der Waals surface area contributed by atoms with Crippen molar-refractivity contribution in [1.29, 1.82) is 0 Å². The summed E-state index contributed by atoms with van der Waals surface area (Å²) in [6.07, 6.45) is 0. The molecule has 0 radical (unpaired) electrons. The molecule has 1 aliphatic carbocycles. The molecule has 12 rings (SSSR count). The van der Waals surface area contributed by atoms with Crippen LogP contribution in [0.25, 0.3) is 106 Å². The zero-order chi connectivity index (χ0) is 39.2. The van der Waals surface area contributed by atoms with Gasteiger partial charge in [0.25, 0.3) is 0 Å². The lowest BCUT2D eigenvalue weighted by molar-refractivity contribution is 0.663. The molecule has 0 spiro atoms. The molecule has 0 unspecified atom stereocenters. The molecule has 0 fully saturated rings. The minimum Gasteiger partial charge on any atom is -0.456 e. The minimum atomic E-state index is -0.258. The number of fused-ring (bicyclic) bond motifs is 10. The Morgan fingerprint density at radius 2 is 1.03 bits per heavy atom. The standard InChI is InChI=1S/C54H36N4O/c1-54(2)45-23-9-6-20-39(45)42-27-28-43-40-21-7-10-24-46(40)58(50(43)49(42)54)53-56-51(55-52(57-53)38-26-29-48-44(32-38)41-22-8-11-25-47(41)59-48)37-19-13-18-36(31-37)35-17-12-16-34(30-35)33-14-4-3-5-15-33/h3-32H,1-2H3. The van der Waals surface area contributed by atoms with Crippen LogP contribution in [0.2, 0.25) is 0 Å². The van der Waals surface area contributed by atoms with E-state index in [1.165, 1.54) is 38.8 Å². The fraction of sp³-hybridized carbons (Fsp3) is 0.0556. The second-order valence-corrected chi connectivity index (χ2v) is 16.0. The molecular formula is C54H36N4O. The first-order chi connectivity index (χ1) is 29.0. The van der Waals surface area contributed by atoms with Crippen molar-refractivity contribution in [3.05, 3.63) is 193 Å². The molecule has 0 atom stereocenters. The Balaban J connectivity index is 1.12. The Bertz CT molecular complexity index is 3480. The molecular weight excluding hydrogens is 721 g/mol. The van der Waals surface area contributed by atoms with Crippen LogP contribution in [0.4, 0.5) is 0 Å². The molecule has 5 nitrogen and oxygen atoms in total. The van der Waals surface area contributed by atoms with Crippen molar-refractivity contribution in [3.63, 3.8) is 0 Å². The maximum absolute atomic E-state index is 6.24. The summed E-state index contributed by atoms with van der Waals surface area (Å²) < 4.78 is 8.52. The van der Waals surface area contributed by atoms with Crippen LogP contribution in [0.3, 0.4) is 0 Å². The fourth-order valence-electron chi connectivity index (χ4n) is 9.46. The van der Waals surface area contributed by atoms with E-state index in [1.807, 2.05) is 24.3 Å². The molecule has 0 bridgehead atoms. The Hall–Kier alpha value is -7.63. The van der Waals surface area contributed by atoms with Crippen LogP contribution in [0.1, 0.15) is 25.0 Å². The van der Waals surface area contributed by atoms with Crippen LogP contribution in [0.5, 0.6) is 0 Å². The van der Waals surface area contributed by atoms with E-state index in [0.29, 0.717) is 17.6 Å². The van der Waals surface area contributed by atoms with Crippen molar-refractivity contribution < 1.29 is 4.42 Å². The Labute approximate surface area is 340 Å². The molecule has 5 heteroatoms. The molecule has 0 saturated heterocycles. The number of furan rings is 1. The van der Waals surface area contributed by atoms with E-state index in [4.69, 9.17) is 19.4 Å². The summed E-state index contributed by atoms with van der Waals surface area (Å²) >= 11 is 0. The Morgan fingerprint density at radius 1 is 0.424 bits per heavy atom. The third kappa shape index (κ3) is 5.14. The molecule has 3 aromatic heterocycles. The van der Waals surface area contributed by atoms with Gasteiger partial charge in [-0.3, -0.25) is 4.57 Å². The van der Waals surface area contributed by atoms with Crippen molar-refractivity contribution in [3.8, 4) is 62.1 Å². The van der Waals surface area contributed by atoms with Crippen LogP contribution < -0.4 is 0 Å². The van der Waals surface area contributed by atoms with Gasteiger partial charge in [0.1, 0.15) is 11.2 Å². The van der Waals surface area contributed by atoms with E-state index in [2.05, 4.69) is 176 Å². The normalized spacial score (nSPS) is 13.1. The highest BCUT2D eigenvalue weighted by atomic mass is 16.3. The molecule has 0 N–H and O–H groups in total. The highest BCUT2D eigenvalue weighted by Gasteiger charge is 2.38. The molecule has 0 saturated carbocycles. The first kappa shape index (κ1) is 33.5. The average molecular weight is 757 g/mol. The monoisotopic (exact) mass is 756 g/mol. The van der Waals surface area contributed by atoms with Crippen molar-refractivity contribution in [2.24, 2.45) is 0 Å². The Kier molecular flexibility index (Phi) is 7.20. The van der Waals surface area contributed by atoms with Gasteiger partial charge in [0.2, 0.25) is 5.95 Å². The predicted molar refractivity (Wildman–Crippen MR) is 241 cm³/mol. The van der Waals surface area contributed by atoms with E-state index in [-0.39, 0.29) is 5.41 Å². The third-order valence-electron chi connectivity index (χ3n) is 12.2. The summed E-state index contributed by atoms with van der Waals surface area (Å²) in [5.74, 6) is 1.77. The van der Waals surface area contributed by atoms with Crippen LogP contribution in [0, 0.1) is 0 Å². The van der Waals surface area contributed by atoms with Crippen molar-refractivity contribution in [2.75, 3.05) is 0 Å². The molecule has 278 valence electrons. The van der Waals surface area contributed by atoms with Crippen molar-refractivity contribution in [2.45, 2.75) is 19.3 Å². The maximum atomic E-state index is 6.24. The largest absolute Gasteiger partial charge is 0.456 e. The summed E-state index contributed by atoms with van der Waals surface area (Å²) in [5.41, 5.74) is 15.1. The quantitative estimate of drug-likeness (QED) is 0.175. The SMILES string of the molecule is CC1(C)c2ccccc2-c2ccc3c4ccccc4n(-c4nc(-c5cccc(-c6cccc(-c7ccccc7)c6)c5)nc(-c5ccc6oc7ccccc7c6c5)n4)c3c21. The topological polar surface area (TPSA) is 56.7 Å². The third-order valence-corrected chi connectivity index (χ3v) is 12.2. The van der Waals surface area contributed by atoms with E-state index < -0.39 is 0 Å². The molecule has 11 aromatic rings. The van der Waals surface area contributed by atoms with Crippen molar-refractivity contribution >= 4 is 43.7 Å². The minimum absolute atomic E-state index is 0.258. The predicted octanol–water partition coefficient (Wildman–Crippen LogP) is 13.8. The van der Waals surface area contributed by atoms with Gasteiger partial charge in [-0.05, 0) is 87.0 Å². The smallest absolute Gasteiger partial charge is 0.238 e. The lowest BCUT2D eigenvalue weighted by Crippen LogP contribution is -2.17. The van der Waals surface area contributed by atoms with Gasteiger partial charge in [0, 0.05) is 38.1 Å². The lowest BCUT2D eigenvalue weighted by atomic mass is 9.81. The van der Waals surface area contributed by atoms with Gasteiger partial charge >= 0.3 is 0 Å². The first-order valence-electron chi connectivity index (χ1n) is 20.1. The number of hydrogen-bond donors (Lipinski definition) is 0. The average Bonchev–Trinajstić information content (AvgIpc) is 3.91. The van der Waals surface area contributed by atoms with E-state index in [0.717, 1.165) is 60.6 Å². The van der Waals surface area contributed by atoms with Crippen molar-refractivity contribution in [1.82, 2.24) is 19.5 Å². The Morgan fingerprint density at radius 3 is 1.85 bits per heavy atom. The molecule has 59 heavy (non-hydrogen) atoms. The molecule has 1 aliphatic rings. The van der Waals surface area contributed by atoms with Gasteiger partial charge < -0.3 is 4.42 Å². The molecule has 0 amide bonds. The number of hydrogen-bond acceptors (Lipinski definition) is 4. The second-order valence-electron chi connectivity index (χ2n) is 16.0. The highest BCUT2D eigenvalue weighted by Crippen LogP contribution is 2.53. The van der Waals surface area contributed by atoms with E-state index >= 15 is 0 Å².